The minimum absolute atomic E-state index is 0.259. The lowest BCUT2D eigenvalue weighted by Gasteiger charge is -2.42. The van der Waals surface area contributed by atoms with Crippen LogP contribution in [-0.4, -0.2) is 54.2 Å². The number of halogens is 17. The summed E-state index contributed by atoms with van der Waals surface area (Å²) in [6.45, 7) is 1.03. The molecule has 0 aromatic heterocycles. The minimum atomic E-state index is -8.62. The molecule has 0 radical (unpaired) electrons. The molecule has 18 heteroatoms. The van der Waals surface area contributed by atoms with E-state index in [-0.39, 0.29) is 6.26 Å². The first-order chi connectivity index (χ1) is 13.3. The molecule has 184 valence electrons. The second kappa shape index (κ2) is 7.92. The molecule has 0 spiro atoms. The van der Waals surface area contributed by atoms with Gasteiger partial charge in [-0.2, -0.15) is 74.6 Å². The zero-order chi connectivity index (χ0) is 25.5. The summed E-state index contributed by atoms with van der Waals surface area (Å²) >= 11 is 0. The maximum Gasteiger partial charge on any atom is 0.460 e. The van der Waals surface area contributed by atoms with E-state index in [0.717, 1.165) is 0 Å². The second-order valence-electron chi connectivity index (χ2n) is 5.59. The highest BCUT2D eigenvalue weighted by Gasteiger charge is 2.95. The molecule has 0 saturated carbocycles. The van der Waals surface area contributed by atoms with E-state index in [4.69, 9.17) is 0 Å². The third-order valence-corrected chi connectivity index (χ3v) is 3.49. The number of alkyl halides is 17. The molecule has 0 rings (SSSR count). The monoisotopic (exact) mass is 502 g/mol. The van der Waals surface area contributed by atoms with Gasteiger partial charge in [0.2, 0.25) is 0 Å². The molecule has 31 heavy (non-hydrogen) atoms. The van der Waals surface area contributed by atoms with Gasteiger partial charge in [-0.1, -0.05) is 12.3 Å². The van der Waals surface area contributed by atoms with Crippen molar-refractivity contribution in [1.29, 1.82) is 0 Å². The molecule has 0 aliphatic heterocycles. The highest BCUT2D eigenvalue weighted by atomic mass is 19.4. The lowest BCUT2D eigenvalue weighted by Crippen LogP contribution is -2.74. The lowest BCUT2D eigenvalue weighted by atomic mass is 9.88. The van der Waals surface area contributed by atoms with Crippen molar-refractivity contribution in [3.05, 3.63) is 18.6 Å². The van der Waals surface area contributed by atoms with Crippen LogP contribution in [0.5, 0.6) is 0 Å². The van der Waals surface area contributed by atoms with Crippen LogP contribution in [0.2, 0.25) is 0 Å². The summed E-state index contributed by atoms with van der Waals surface area (Å²) in [6.07, 6.45) is -10.2. The van der Waals surface area contributed by atoms with E-state index in [1.165, 1.54) is 0 Å². The molecule has 0 atom stereocenters. The first-order valence-corrected chi connectivity index (χ1v) is 6.98. The molecule has 0 bridgehead atoms. The smallest absolute Gasteiger partial charge is 0.460 e. The van der Waals surface area contributed by atoms with Crippen LogP contribution >= 0.6 is 0 Å². The average Bonchev–Trinajstić information content (AvgIpc) is 2.56. The van der Waals surface area contributed by atoms with Crippen molar-refractivity contribution in [2.24, 2.45) is 0 Å². The Labute approximate surface area is 160 Å². The largest absolute Gasteiger partial charge is 0.493 e. The SMILES string of the molecule is C=C=COCCC(F)(F)C(F)(F)C(F)(F)C(F)(F)C(F)(F)C(F)(F)C(F)(F)C(F)(F)F. The fourth-order valence-corrected chi connectivity index (χ4v) is 1.66. The topological polar surface area (TPSA) is 9.23 Å². The quantitative estimate of drug-likeness (QED) is 0.140. The molecular formula is C13H7F17O. The summed E-state index contributed by atoms with van der Waals surface area (Å²) in [4.78, 5) is 0. The summed E-state index contributed by atoms with van der Waals surface area (Å²) in [5.41, 5.74) is 1.67. The van der Waals surface area contributed by atoms with E-state index in [0.29, 0.717) is 0 Å². The van der Waals surface area contributed by atoms with Gasteiger partial charge < -0.3 is 4.74 Å². The molecule has 0 aliphatic rings. The summed E-state index contributed by atoms with van der Waals surface area (Å²) in [5.74, 6) is -56.3. The Morgan fingerprint density at radius 2 is 0.871 bits per heavy atom. The fourth-order valence-electron chi connectivity index (χ4n) is 1.66. The van der Waals surface area contributed by atoms with E-state index in [2.05, 4.69) is 11.3 Å². The van der Waals surface area contributed by atoms with Crippen LogP contribution in [0.15, 0.2) is 18.6 Å². The molecule has 0 heterocycles. The van der Waals surface area contributed by atoms with Gasteiger partial charge in [-0.25, -0.2) is 0 Å². The van der Waals surface area contributed by atoms with E-state index in [1.54, 1.807) is 5.73 Å². The van der Waals surface area contributed by atoms with Crippen LogP contribution in [0.4, 0.5) is 74.6 Å². The standard InChI is InChI=1S/C13H7F17O/c1-2-4-31-5-3-6(14,15)7(16,17)8(18,19)9(20,21)10(22,23)11(24,25)12(26,27)13(28,29)30/h4H,1,3,5H2. The van der Waals surface area contributed by atoms with Gasteiger partial charge in [0.1, 0.15) is 6.26 Å². The van der Waals surface area contributed by atoms with Gasteiger partial charge in [0.05, 0.1) is 13.0 Å². The Morgan fingerprint density at radius 1 is 0.548 bits per heavy atom. The zero-order valence-corrected chi connectivity index (χ0v) is 14.0. The molecule has 0 unspecified atom stereocenters. The van der Waals surface area contributed by atoms with Crippen LogP contribution in [0.1, 0.15) is 6.42 Å². The lowest BCUT2D eigenvalue weighted by molar-refractivity contribution is -0.461. The third kappa shape index (κ3) is 4.14. The van der Waals surface area contributed by atoms with Crippen molar-refractivity contribution in [3.8, 4) is 0 Å². The van der Waals surface area contributed by atoms with Gasteiger partial charge >= 0.3 is 47.6 Å². The molecule has 0 amide bonds. The Morgan fingerprint density at radius 3 is 1.19 bits per heavy atom. The molecule has 0 aromatic rings. The normalized spacial score (nSPS) is 15.5. The van der Waals surface area contributed by atoms with Crippen LogP contribution in [0.25, 0.3) is 0 Å². The second-order valence-corrected chi connectivity index (χ2v) is 5.59. The molecule has 1 nitrogen and oxygen atoms in total. The molecule has 0 saturated heterocycles. The molecule has 0 aromatic carbocycles. The van der Waals surface area contributed by atoms with Crippen molar-refractivity contribution in [2.45, 2.75) is 54.1 Å². The Hall–Kier alpha value is -1.87. The Kier molecular flexibility index (Phi) is 7.44. The first-order valence-electron chi connectivity index (χ1n) is 6.98. The molecule has 0 fully saturated rings. The van der Waals surface area contributed by atoms with Crippen molar-refractivity contribution in [2.75, 3.05) is 6.61 Å². The highest BCUT2D eigenvalue weighted by molar-refractivity contribution is 5.15. The van der Waals surface area contributed by atoms with Crippen LogP contribution in [0, 0.1) is 0 Å². The zero-order valence-electron chi connectivity index (χ0n) is 14.0. The maximum atomic E-state index is 13.4. The predicted molar refractivity (Wildman–Crippen MR) is 65.0 cm³/mol. The predicted octanol–water partition coefficient (Wildman–Crippen LogP) is 6.70. The molecule has 0 aliphatic carbocycles. The van der Waals surface area contributed by atoms with E-state index < -0.39 is 60.7 Å². The van der Waals surface area contributed by atoms with Gasteiger partial charge in [-0.15, -0.1) is 0 Å². The van der Waals surface area contributed by atoms with E-state index >= 15 is 0 Å². The van der Waals surface area contributed by atoms with Gasteiger partial charge in [0.15, 0.2) is 0 Å². The molecule has 0 N–H and O–H groups in total. The van der Waals surface area contributed by atoms with Crippen LogP contribution < -0.4 is 0 Å². The number of rotatable bonds is 10. The Balaban J connectivity index is 6.46. The van der Waals surface area contributed by atoms with Gasteiger partial charge in [-0.3, -0.25) is 0 Å². The third-order valence-electron chi connectivity index (χ3n) is 3.49. The van der Waals surface area contributed by atoms with Crippen LogP contribution in [0.3, 0.4) is 0 Å². The summed E-state index contributed by atoms with van der Waals surface area (Å²) in [5, 5.41) is 0. The van der Waals surface area contributed by atoms with Crippen molar-refractivity contribution in [3.63, 3.8) is 0 Å². The maximum absolute atomic E-state index is 13.4. The summed E-state index contributed by atoms with van der Waals surface area (Å²) in [7, 11) is 0. The van der Waals surface area contributed by atoms with Crippen molar-refractivity contribution >= 4 is 0 Å². The number of hydrogen-bond acceptors (Lipinski definition) is 1. The Bertz CT molecular complexity index is 683. The van der Waals surface area contributed by atoms with Gasteiger partial charge in [-0.05, 0) is 0 Å². The average molecular weight is 502 g/mol. The van der Waals surface area contributed by atoms with E-state index in [1.807, 2.05) is 0 Å². The fraction of sp³-hybridized carbons (Fsp3) is 0.769. The van der Waals surface area contributed by atoms with Crippen LogP contribution in [-0.2, 0) is 4.74 Å². The minimum Gasteiger partial charge on any atom is -0.493 e. The van der Waals surface area contributed by atoms with E-state index in [9.17, 15) is 74.6 Å². The first kappa shape index (κ1) is 29.1. The van der Waals surface area contributed by atoms with Gasteiger partial charge in [0, 0.05) is 0 Å². The summed E-state index contributed by atoms with van der Waals surface area (Å²) in [6, 6.07) is 0. The summed E-state index contributed by atoms with van der Waals surface area (Å²) < 4.78 is 224. The number of ether oxygens (including phenoxy) is 1. The van der Waals surface area contributed by atoms with Gasteiger partial charge in [0.25, 0.3) is 0 Å². The highest BCUT2D eigenvalue weighted by Crippen LogP contribution is 2.64. The number of hydrogen-bond donors (Lipinski definition) is 0. The van der Waals surface area contributed by atoms with Crippen molar-refractivity contribution in [1.82, 2.24) is 0 Å². The molecular weight excluding hydrogens is 495 g/mol. The van der Waals surface area contributed by atoms with Crippen molar-refractivity contribution < 1.29 is 79.4 Å².